The lowest BCUT2D eigenvalue weighted by atomic mass is 10.1. The minimum absolute atomic E-state index is 0. The average molecular weight is 396 g/mol. The SMILES string of the molecule is O.O=C(O)C(=O)O.c1ccc(CCN2Cc3ccccc3-n3cccc3C2)cc1. The number of carboxylic acid groups (broad SMARTS) is 2. The van der Waals surface area contributed by atoms with Gasteiger partial charge >= 0.3 is 11.9 Å². The number of fused-ring (bicyclic) bond motifs is 3. The first-order chi connectivity index (χ1) is 13.5. The fourth-order valence-electron chi connectivity index (χ4n) is 3.28. The van der Waals surface area contributed by atoms with Gasteiger partial charge in [0.05, 0.1) is 0 Å². The molecule has 4 N–H and O–H groups in total. The first kappa shape index (κ1) is 21.9. The van der Waals surface area contributed by atoms with E-state index in [1.54, 1.807) is 0 Å². The molecular weight excluding hydrogens is 372 g/mol. The molecule has 0 fully saturated rings. The number of hydrogen-bond acceptors (Lipinski definition) is 3. The van der Waals surface area contributed by atoms with Crippen LogP contribution in [0, 0.1) is 0 Å². The summed E-state index contributed by atoms with van der Waals surface area (Å²) in [5, 5.41) is 14.8. The third-order valence-electron chi connectivity index (χ3n) is 4.61. The van der Waals surface area contributed by atoms with Crippen LogP contribution >= 0.6 is 0 Å². The zero-order valence-corrected chi connectivity index (χ0v) is 15.9. The van der Waals surface area contributed by atoms with Gasteiger partial charge in [-0.25, -0.2) is 9.59 Å². The largest absolute Gasteiger partial charge is 0.473 e. The van der Waals surface area contributed by atoms with Crippen LogP contribution in [0.15, 0.2) is 72.9 Å². The van der Waals surface area contributed by atoms with Crippen LogP contribution in [-0.2, 0) is 29.1 Å². The van der Waals surface area contributed by atoms with Crippen LogP contribution in [0.25, 0.3) is 5.69 Å². The van der Waals surface area contributed by atoms with E-state index < -0.39 is 11.9 Å². The topological polar surface area (TPSA) is 114 Å². The summed E-state index contributed by atoms with van der Waals surface area (Å²) in [6, 6.07) is 23.9. The Labute approximate surface area is 168 Å². The van der Waals surface area contributed by atoms with Gasteiger partial charge in [-0.2, -0.15) is 0 Å². The van der Waals surface area contributed by atoms with Crippen LogP contribution in [0.2, 0.25) is 0 Å². The van der Waals surface area contributed by atoms with Gasteiger partial charge < -0.3 is 20.3 Å². The van der Waals surface area contributed by atoms with Crippen molar-refractivity contribution < 1.29 is 25.3 Å². The molecule has 4 rings (SSSR count). The monoisotopic (exact) mass is 396 g/mol. The zero-order valence-electron chi connectivity index (χ0n) is 15.9. The highest BCUT2D eigenvalue weighted by molar-refractivity contribution is 6.27. The van der Waals surface area contributed by atoms with Crippen molar-refractivity contribution in [3.63, 3.8) is 0 Å². The molecule has 2 aromatic carbocycles. The molecule has 0 atom stereocenters. The second-order valence-corrected chi connectivity index (χ2v) is 6.55. The molecule has 152 valence electrons. The van der Waals surface area contributed by atoms with E-state index in [0.29, 0.717) is 0 Å². The van der Waals surface area contributed by atoms with Gasteiger partial charge in [-0.15, -0.1) is 0 Å². The summed E-state index contributed by atoms with van der Waals surface area (Å²) < 4.78 is 2.33. The Hall–Kier alpha value is -3.42. The molecule has 0 saturated carbocycles. The minimum Gasteiger partial charge on any atom is -0.473 e. The number of carboxylic acids is 2. The molecule has 0 bridgehead atoms. The maximum atomic E-state index is 9.10. The Bertz CT molecular complexity index is 941. The van der Waals surface area contributed by atoms with Crippen molar-refractivity contribution in [1.29, 1.82) is 0 Å². The number of aromatic nitrogens is 1. The highest BCUT2D eigenvalue weighted by Gasteiger charge is 2.17. The number of nitrogens with zero attached hydrogens (tertiary/aromatic N) is 2. The van der Waals surface area contributed by atoms with Gasteiger partial charge in [0.25, 0.3) is 0 Å². The molecule has 1 aliphatic rings. The van der Waals surface area contributed by atoms with Crippen LogP contribution in [-0.4, -0.2) is 43.6 Å². The van der Waals surface area contributed by atoms with Gasteiger partial charge in [0.15, 0.2) is 0 Å². The third-order valence-corrected chi connectivity index (χ3v) is 4.61. The lowest BCUT2D eigenvalue weighted by Crippen LogP contribution is -2.24. The van der Waals surface area contributed by atoms with E-state index in [9.17, 15) is 0 Å². The van der Waals surface area contributed by atoms with Crippen molar-refractivity contribution >= 4 is 11.9 Å². The predicted octanol–water partition coefficient (Wildman–Crippen LogP) is 2.37. The molecule has 1 aliphatic heterocycles. The lowest BCUT2D eigenvalue weighted by Gasteiger charge is -2.20. The van der Waals surface area contributed by atoms with Gasteiger partial charge in [0.1, 0.15) is 0 Å². The Morgan fingerprint density at radius 3 is 2.17 bits per heavy atom. The molecule has 0 radical (unpaired) electrons. The summed E-state index contributed by atoms with van der Waals surface area (Å²) in [5.41, 5.74) is 5.52. The minimum atomic E-state index is -1.82. The van der Waals surface area contributed by atoms with E-state index in [4.69, 9.17) is 19.8 Å². The summed E-state index contributed by atoms with van der Waals surface area (Å²) in [5.74, 6) is -3.65. The fraction of sp³-hybridized carbons (Fsp3) is 0.182. The summed E-state index contributed by atoms with van der Waals surface area (Å²) >= 11 is 0. The molecule has 2 heterocycles. The Kier molecular flexibility index (Phi) is 7.70. The molecule has 7 nitrogen and oxygen atoms in total. The van der Waals surface area contributed by atoms with Gasteiger partial charge in [0.2, 0.25) is 0 Å². The highest BCUT2D eigenvalue weighted by Crippen LogP contribution is 2.24. The average Bonchev–Trinajstić information content (AvgIpc) is 3.10. The fourth-order valence-corrected chi connectivity index (χ4v) is 3.28. The van der Waals surface area contributed by atoms with Crippen LogP contribution in [0.3, 0.4) is 0 Å². The number of benzene rings is 2. The summed E-state index contributed by atoms with van der Waals surface area (Å²) in [6.07, 6.45) is 3.28. The number of hydrogen-bond donors (Lipinski definition) is 2. The van der Waals surface area contributed by atoms with Crippen molar-refractivity contribution in [3.8, 4) is 5.69 Å². The number of para-hydroxylation sites is 1. The maximum Gasteiger partial charge on any atom is 0.414 e. The second kappa shape index (κ2) is 10.2. The molecule has 0 unspecified atom stereocenters. The Morgan fingerprint density at radius 1 is 0.828 bits per heavy atom. The van der Waals surface area contributed by atoms with Crippen LogP contribution < -0.4 is 0 Å². The third kappa shape index (κ3) is 5.78. The molecule has 0 aliphatic carbocycles. The van der Waals surface area contributed by atoms with Crippen LogP contribution in [0.4, 0.5) is 0 Å². The smallest absolute Gasteiger partial charge is 0.414 e. The molecule has 1 aromatic heterocycles. The van der Waals surface area contributed by atoms with E-state index in [-0.39, 0.29) is 5.48 Å². The molecular formula is C22H24N2O5. The number of rotatable bonds is 3. The highest BCUT2D eigenvalue weighted by atomic mass is 16.4. The van der Waals surface area contributed by atoms with Crippen molar-refractivity contribution in [2.45, 2.75) is 19.5 Å². The van der Waals surface area contributed by atoms with Crippen molar-refractivity contribution in [2.75, 3.05) is 6.54 Å². The summed E-state index contributed by atoms with van der Waals surface area (Å²) in [6.45, 7) is 3.11. The van der Waals surface area contributed by atoms with Crippen LogP contribution in [0.5, 0.6) is 0 Å². The standard InChI is InChI=1S/C20H20N2.C2H2O4.H2O/c1-2-7-17(8-3-1)12-14-21-15-18-9-4-5-11-20(18)22-13-6-10-19(22)16-21;3-1(4)2(5)6;/h1-11,13H,12,14-16H2;(H,3,4)(H,5,6);1H2. The first-order valence-electron chi connectivity index (χ1n) is 9.01. The van der Waals surface area contributed by atoms with Gasteiger partial charge in [-0.3, -0.25) is 4.90 Å². The normalized spacial score (nSPS) is 12.3. The van der Waals surface area contributed by atoms with Crippen molar-refractivity contribution in [3.05, 3.63) is 89.7 Å². The molecule has 3 aromatic rings. The quantitative estimate of drug-likeness (QED) is 0.660. The molecule has 0 saturated heterocycles. The predicted molar refractivity (Wildman–Crippen MR) is 109 cm³/mol. The van der Waals surface area contributed by atoms with E-state index in [1.807, 2.05) is 0 Å². The molecule has 29 heavy (non-hydrogen) atoms. The van der Waals surface area contributed by atoms with Gasteiger partial charge in [-0.05, 0) is 35.7 Å². The van der Waals surface area contributed by atoms with E-state index in [0.717, 1.165) is 26.1 Å². The first-order valence-corrected chi connectivity index (χ1v) is 9.01. The lowest BCUT2D eigenvalue weighted by molar-refractivity contribution is -0.159. The number of carbonyl (C=O) groups is 2. The Balaban J connectivity index is 0.000000379. The van der Waals surface area contributed by atoms with Crippen molar-refractivity contribution in [2.24, 2.45) is 0 Å². The zero-order chi connectivity index (χ0) is 19.9. The summed E-state index contributed by atoms with van der Waals surface area (Å²) in [7, 11) is 0. The van der Waals surface area contributed by atoms with Gasteiger partial charge in [0, 0.05) is 37.2 Å². The number of aliphatic carboxylic acids is 2. The Morgan fingerprint density at radius 2 is 1.48 bits per heavy atom. The maximum absolute atomic E-state index is 9.10. The van der Waals surface area contributed by atoms with E-state index >= 15 is 0 Å². The van der Waals surface area contributed by atoms with E-state index in [1.165, 1.54) is 22.5 Å². The van der Waals surface area contributed by atoms with E-state index in [2.05, 4.69) is 82.4 Å². The summed E-state index contributed by atoms with van der Waals surface area (Å²) in [4.78, 5) is 20.7. The van der Waals surface area contributed by atoms with Crippen LogP contribution in [0.1, 0.15) is 16.8 Å². The van der Waals surface area contributed by atoms with Gasteiger partial charge in [-0.1, -0.05) is 48.5 Å². The molecule has 0 amide bonds. The molecule has 0 spiro atoms. The van der Waals surface area contributed by atoms with Crippen molar-refractivity contribution in [1.82, 2.24) is 9.47 Å². The second-order valence-electron chi connectivity index (χ2n) is 6.55. The molecule has 7 heteroatoms.